The third kappa shape index (κ3) is 6.79. The summed E-state index contributed by atoms with van der Waals surface area (Å²) in [6.45, 7) is 0. The van der Waals surface area contributed by atoms with Crippen molar-refractivity contribution in [1.29, 1.82) is 0 Å². The first kappa shape index (κ1) is 45.9. The molecule has 3 nitrogen and oxygen atoms in total. The highest BCUT2D eigenvalue weighted by Gasteiger charge is 2.26. The molecule has 14 rings (SSSR count). The minimum absolute atomic E-state index is 0.162. The molecule has 0 amide bonds. The Labute approximate surface area is 449 Å². The lowest BCUT2D eigenvalue weighted by molar-refractivity contribution is 1.17. The van der Waals surface area contributed by atoms with E-state index in [1.165, 1.54) is 0 Å². The van der Waals surface area contributed by atoms with Gasteiger partial charge in [-0.15, -0.1) is 10.9 Å². The van der Waals surface area contributed by atoms with Gasteiger partial charge in [-0.2, -0.15) is 0 Å². The lowest BCUT2D eigenvalue weighted by Gasteiger charge is -2.19. The van der Waals surface area contributed by atoms with Crippen molar-refractivity contribution < 1.29 is 0 Å². The van der Waals surface area contributed by atoms with Crippen LogP contribution in [-0.4, -0.2) is 68.6 Å². The van der Waals surface area contributed by atoms with Crippen molar-refractivity contribution in [2.75, 3.05) is 0 Å². The summed E-state index contributed by atoms with van der Waals surface area (Å²) in [4.78, 5) is 0. The number of fused-ring (bicyclic) bond motifs is 9. The lowest BCUT2D eigenvalue weighted by Crippen LogP contribution is -2.48. The number of nitrogens with zero attached hydrogens (tertiary/aromatic N) is 3. The molecule has 0 fully saturated rings. The van der Waals surface area contributed by atoms with Crippen molar-refractivity contribution >= 4 is 159 Å². The fourth-order valence-corrected chi connectivity index (χ4v) is 12.0. The van der Waals surface area contributed by atoms with E-state index in [1.807, 2.05) is 22.8 Å². The Morgan fingerprint density at radius 2 is 0.776 bits per heavy atom. The van der Waals surface area contributed by atoms with E-state index in [0.29, 0.717) is 43.8 Å². The second-order valence-corrected chi connectivity index (χ2v) is 19.5. The van der Waals surface area contributed by atoms with Gasteiger partial charge in [0, 0.05) is 54.9 Å². The van der Waals surface area contributed by atoms with Crippen molar-refractivity contribution in [3.05, 3.63) is 218 Å². The van der Waals surface area contributed by atoms with Crippen LogP contribution < -0.4 is 38.2 Å². The number of para-hydroxylation sites is 2. The molecular formula is C66H36B7N3. The largest absolute Gasteiger partial charge is 0.311 e. The van der Waals surface area contributed by atoms with Crippen LogP contribution in [0.5, 0.6) is 0 Å². The van der Waals surface area contributed by atoms with E-state index in [2.05, 4.69) is 209 Å². The summed E-state index contributed by atoms with van der Waals surface area (Å²) in [5.74, 6) is 0. The maximum absolute atomic E-state index is 7.60. The van der Waals surface area contributed by atoms with Crippen LogP contribution in [-0.2, 0) is 0 Å². The van der Waals surface area contributed by atoms with Gasteiger partial charge in [0.15, 0.2) is 0 Å². The van der Waals surface area contributed by atoms with Crippen molar-refractivity contribution in [3.8, 4) is 61.6 Å². The quantitative estimate of drug-likeness (QED) is 0.142. The summed E-state index contributed by atoms with van der Waals surface area (Å²) in [5, 5.41) is 5.26. The minimum atomic E-state index is 0.162. The SMILES string of the molecule is [B]c1c([B])c([B])c2c(c1[B])c1c([B])c(-c3ccc4c(c3)c3c(-c5ccccc5)cccc3n4-c3ccccc3-c3ccccc3)c([B])c([B])c1n2-c1ccc2c(c1)c1ccccc1n2-c1cccc(-c2ccccc2)c1. The van der Waals surface area contributed by atoms with Gasteiger partial charge < -0.3 is 13.7 Å². The third-order valence-electron chi connectivity index (χ3n) is 15.4. The number of rotatable bonds is 7. The number of benzene rings is 11. The molecule has 0 N–H and O–H groups in total. The van der Waals surface area contributed by atoms with E-state index in [1.54, 1.807) is 0 Å². The molecule has 0 saturated heterocycles. The minimum Gasteiger partial charge on any atom is -0.311 e. The van der Waals surface area contributed by atoms with Crippen molar-refractivity contribution in [2.45, 2.75) is 0 Å². The fraction of sp³-hybridized carbons (Fsp3) is 0. The Bertz CT molecular complexity index is 4710. The Balaban J connectivity index is 1.02. The average molecular weight is 947 g/mol. The van der Waals surface area contributed by atoms with Crippen LogP contribution in [0, 0.1) is 0 Å². The van der Waals surface area contributed by atoms with Crippen molar-refractivity contribution in [2.24, 2.45) is 0 Å². The standard InChI is InChI=1S/C66H36B7N3/c67-58-54(41-30-32-52-48(35-41)55-45(39-20-8-3-9-21-39)26-15-29-53(55)76(52)49-27-12-10-24-44(49)38-18-6-2-7-19-38)59(68)63(72)65-56(58)57-60(69)61(70)62(71)64(73)66(57)75(65)43-31-33-51-47(36-43)46-25-11-13-28-50(46)74(51)42-23-14-22-40(34-42)37-16-4-1-5-17-37/h1-36H. The zero-order valence-corrected chi connectivity index (χ0v) is 41.2. The molecule has 336 valence electrons. The molecule has 3 heterocycles. The van der Waals surface area contributed by atoms with E-state index >= 15 is 0 Å². The topological polar surface area (TPSA) is 14.8 Å². The van der Waals surface area contributed by atoms with E-state index in [-0.39, 0.29) is 21.9 Å². The highest BCUT2D eigenvalue weighted by Crippen LogP contribution is 2.43. The van der Waals surface area contributed by atoms with Crippen molar-refractivity contribution in [1.82, 2.24) is 13.7 Å². The molecule has 10 heteroatoms. The molecule has 3 aromatic heterocycles. The summed E-state index contributed by atoms with van der Waals surface area (Å²) >= 11 is 0. The molecule has 0 aliphatic heterocycles. The van der Waals surface area contributed by atoms with Gasteiger partial charge in [-0.3, -0.25) is 0 Å². The van der Waals surface area contributed by atoms with Gasteiger partial charge in [0.05, 0.1) is 27.8 Å². The zero-order chi connectivity index (χ0) is 51.5. The molecule has 0 atom stereocenters. The van der Waals surface area contributed by atoms with Gasteiger partial charge in [0.2, 0.25) is 0 Å². The number of aromatic nitrogens is 3. The predicted molar refractivity (Wildman–Crippen MR) is 329 cm³/mol. The number of hydrogen-bond acceptors (Lipinski definition) is 0. The van der Waals surface area contributed by atoms with E-state index < -0.39 is 0 Å². The van der Waals surface area contributed by atoms with Crippen LogP contribution in [0.3, 0.4) is 0 Å². The highest BCUT2D eigenvalue weighted by atomic mass is 15.0. The first-order chi connectivity index (χ1) is 37.2. The van der Waals surface area contributed by atoms with Gasteiger partial charge >= 0.3 is 0 Å². The Hall–Kier alpha value is -8.73. The van der Waals surface area contributed by atoms with Gasteiger partial charge in [-0.25, -0.2) is 0 Å². The molecular weight excluding hydrogens is 910 g/mol. The molecule has 0 saturated carbocycles. The summed E-state index contributed by atoms with van der Waals surface area (Å²) in [6.07, 6.45) is 0. The Morgan fingerprint density at radius 3 is 1.53 bits per heavy atom. The Morgan fingerprint density at radius 1 is 0.250 bits per heavy atom. The van der Waals surface area contributed by atoms with Crippen LogP contribution in [0.1, 0.15) is 0 Å². The first-order valence-corrected chi connectivity index (χ1v) is 25.2. The normalized spacial score (nSPS) is 11.8. The van der Waals surface area contributed by atoms with Gasteiger partial charge in [0.25, 0.3) is 0 Å². The summed E-state index contributed by atoms with van der Waals surface area (Å²) in [5.41, 5.74) is 17.8. The molecule has 0 bridgehead atoms. The maximum atomic E-state index is 7.60. The predicted octanol–water partition coefficient (Wildman–Crippen LogP) is 9.20. The highest BCUT2D eigenvalue weighted by molar-refractivity contribution is 6.69. The maximum Gasteiger partial charge on any atom is 0.115 e. The molecule has 0 aliphatic carbocycles. The monoisotopic (exact) mass is 947 g/mol. The molecule has 0 spiro atoms. The number of hydrogen-bond donors (Lipinski definition) is 0. The van der Waals surface area contributed by atoms with Crippen LogP contribution in [0.15, 0.2) is 218 Å². The van der Waals surface area contributed by atoms with Crippen LogP contribution in [0.2, 0.25) is 0 Å². The van der Waals surface area contributed by atoms with Crippen LogP contribution in [0.25, 0.3) is 127 Å². The fourth-order valence-electron chi connectivity index (χ4n) is 12.0. The second kappa shape index (κ2) is 17.7. The van der Waals surface area contributed by atoms with E-state index in [4.69, 9.17) is 54.9 Å². The molecule has 0 unspecified atom stereocenters. The van der Waals surface area contributed by atoms with Crippen LogP contribution in [0.4, 0.5) is 0 Å². The smallest absolute Gasteiger partial charge is 0.115 e. The molecule has 11 aromatic carbocycles. The molecule has 14 radical (unpaired) electrons. The van der Waals surface area contributed by atoms with Gasteiger partial charge in [-0.05, 0) is 105 Å². The van der Waals surface area contributed by atoms with E-state index in [0.717, 1.165) is 99.6 Å². The molecule has 14 aromatic rings. The van der Waals surface area contributed by atoms with E-state index in [9.17, 15) is 0 Å². The molecule has 76 heavy (non-hydrogen) atoms. The van der Waals surface area contributed by atoms with Gasteiger partial charge in [0.1, 0.15) is 54.9 Å². The average Bonchev–Trinajstić information content (AvgIpc) is 4.18. The lowest BCUT2D eigenvalue weighted by atomic mass is 9.64. The first-order valence-electron chi connectivity index (χ1n) is 25.2. The van der Waals surface area contributed by atoms with Crippen LogP contribution >= 0.6 is 0 Å². The van der Waals surface area contributed by atoms with Gasteiger partial charge in [-0.1, -0.05) is 185 Å². The van der Waals surface area contributed by atoms with Crippen molar-refractivity contribution in [3.63, 3.8) is 0 Å². The summed E-state index contributed by atoms with van der Waals surface area (Å²) < 4.78 is 6.65. The summed E-state index contributed by atoms with van der Waals surface area (Å²) in [7, 11) is 50.1. The zero-order valence-electron chi connectivity index (χ0n) is 41.2. The third-order valence-corrected chi connectivity index (χ3v) is 15.4. The Kier molecular flexibility index (Phi) is 10.7. The summed E-state index contributed by atoms with van der Waals surface area (Å²) in [6, 6.07) is 76.2. The molecule has 0 aliphatic rings. The second-order valence-electron chi connectivity index (χ2n) is 19.5.